The third-order valence-corrected chi connectivity index (χ3v) is 1.83. The van der Waals surface area contributed by atoms with Crippen LogP contribution >= 0.6 is 0 Å². The molecule has 2 heteroatoms. The summed E-state index contributed by atoms with van der Waals surface area (Å²) in [4.78, 5) is 0. The zero-order valence-corrected chi connectivity index (χ0v) is 7.05. The van der Waals surface area contributed by atoms with Gasteiger partial charge in [0.1, 0.15) is 5.82 Å². The van der Waals surface area contributed by atoms with E-state index in [1.165, 1.54) is 6.07 Å². The highest BCUT2D eigenvalue weighted by Gasteiger charge is 2.03. The van der Waals surface area contributed by atoms with Crippen molar-refractivity contribution in [3.8, 4) is 0 Å². The Morgan fingerprint density at radius 2 is 2.25 bits per heavy atom. The van der Waals surface area contributed by atoms with Crippen LogP contribution in [0, 0.1) is 12.7 Å². The fraction of sp³-hybridized carbons (Fsp3) is 0.200. The molecule has 0 aliphatic carbocycles. The summed E-state index contributed by atoms with van der Waals surface area (Å²) in [6.45, 7) is 5.26. The SMILES string of the molecule is C=C[C@H](N)c1ccc(C)c(F)c1. The van der Waals surface area contributed by atoms with Crippen LogP contribution in [0.4, 0.5) is 4.39 Å². The normalized spacial score (nSPS) is 12.6. The molecule has 0 aromatic heterocycles. The van der Waals surface area contributed by atoms with Crippen molar-refractivity contribution in [1.82, 2.24) is 0 Å². The molecule has 1 nitrogen and oxygen atoms in total. The third-order valence-electron chi connectivity index (χ3n) is 1.83. The number of hydrogen-bond acceptors (Lipinski definition) is 1. The van der Waals surface area contributed by atoms with Crippen LogP contribution in [0.2, 0.25) is 0 Å². The molecule has 0 heterocycles. The molecule has 1 aromatic carbocycles. The summed E-state index contributed by atoms with van der Waals surface area (Å²) in [6, 6.07) is 4.69. The van der Waals surface area contributed by atoms with Gasteiger partial charge >= 0.3 is 0 Å². The van der Waals surface area contributed by atoms with E-state index < -0.39 is 0 Å². The molecule has 1 rings (SSSR count). The van der Waals surface area contributed by atoms with Crippen molar-refractivity contribution in [3.63, 3.8) is 0 Å². The van der Waals surface area contributed by atoms with Crippen LogP contribution in [0.3, 0.4) is 0 Å². The lowest BCUT2D eigenvalue weighted by Gasteiger charge is -2.06. The van der Waals surface area contributed by atoms with Gasteiger partial charge in [-0.3, -0.25) is 0 Å². The first-order chi connectivity index (χ1) is 5.65. The van der Waals surface area contributed by atoms with Gasteiger partial charge in [0.15, 0.2) is 0 Å². The van der Waals surface area contributed by atoms with Crippen molar-refractivity contribution in [2.75, 3.05) is 0 Å². The average Bonchev–Trinajstić information content (AvgIpc) is 2.08. The van der Waals surface area contributed by atoms with E-state index in [4.69, 9.17) is 5.73 Å². The molecule has 0 fully saturated rings. The monoisotopic (exact) mass is 165 g/mol. The second kappa shape index (κ2) is 3.50. The molecule has 2 N–H and O–H groups in total. The van der Waals surface area contributed by atoms with Crippen LogP contribution in [0.5, 0.6) is 0 Å². The fourth-order valence-electron chi connectivity index (χ4n) is 0.953. The van der Waals surface area contributed by atoms with Crippen LogP contribution in [0.25, 0.3) is 0 Å². The van der Waals surface area contributed by atoms with Gasteiger partial charge in [-0.2, -0.15) is 0 Å². The molecular weight excluding hydrogens is 153 g/mol. The summed E-state index contributed by atoms with van der Waals surface area (Å²) in [7, 11) is 0. The van der Waals surface area contributed by atoms with Crippen molar-refractivity contribution in [2.24, 2.45) is 5.73 Å². The van der Waals surface area contributed by atoms with Gasteiger partial charge in [0.25, 0.3) is 0 Å². The van der Waals surface area contributed by atoms with E-state index in [0.29, 0.717) is 5.56 Å². The minimum Gasteiger partial charge on any atom is -0.321 e. The predicted octanol–water partition coefficient (Wildman–Crippen LogP) is 2.32. The topological polar surface area (TPSA) is 26.0 Å². The standard InChI is InChI=1S/C10H12FN/c1-3-10(12)8-5-4-7(2)9(11)6-8/h3-6,10H,1,12H2,2H3/t10-/m0/s1. The number of nitrogens with two attached hydrogens (primary N) is 1. The molecule has 0 unspecified atom stereocenters. The number of aryl methyl sites for hydroxylation is 1. The van der Waals surface area contributed by atoms with Crippen molar-refractivity contribution in [1.29, 1.82) is 0 Å². The van der Waals surface area contributed by atoms with Crippen LogP contribution < -0.4 is 5.73 Å². The van der Waals surface area contributed by atoms with E-state index in [2.05, 4.69) is 6.58 Å². The highest BCUT2D eigenvalue weighted by Crippen LogP contribution is 2.14. The lowest BCUT2D eigenvalue weighted by Crippen LogP contribution is -2.06. The zero-order chi connectivity index (χ0) is 9.14. The Morgan fingerprint density at radius 3 is 2.75 bits per heavy atom. The van der Waals surface area contributed by atoms with Crippen LogP contribution in [-0.4, -0.2) is 0 Å². The van der Waals surface area contributed by atoms with Crippen LogP contribution in [-0.2, 0) is 0 Å². The van der Waals surface area contributed by atoms with Crippen LogP contribution in [0.1, 0.15) is 17.2 Å². The number of halogens is 1. The summed E-state index contributed by atoms with van der Waals surface area (Å²) < 4.78 is 13.0. The fourth-order valence-corrected chi connectivity index (χ4v) is 0.953. The van der Waals surface area contributed by atoms with Gasteiger partial charge in [-0.15, -0.1) is 6.58 Å². The molecule has 0 saturated carbocycles. The molecule has 64 valence electrons. The van der Waals surface area contributed by atoms with Gasteiger partial charge in [-0.1, -0.05) is 18.2 Å². The minimum absolute atomic E-state index is 0.218. The Balaban J connectivity index is 3.04. The Morgan fingerprint density at radius 1 is 1.58 bits per heavy atom. The Hall–Kier alpha value is -1.15. The van der Waals surface area contributed by atoms with Crippen LogP contribution in [0.15, 0.2) is 30.9 Å². The molecule has 12 heavy (non-hydrogen) atoms. The van der Waals surface area contributed by atoms with Gasteiger partial charge in [-0.05, 0) is 24.1 Å². The Labute approximate surface area is 71.7 Å². The second-order valence-corrected chi connectivity index (χ2v) is 2.77. The van der Waals surface area contributed by atoms with Gasteiger partial charge in [0.2, 0.25) is 0 Å². The first-order valence-corrected chi connectivity index (χ1v) is 3.79. The lowest BCUT2D eigenvalue weighted by atomic mass is 10.1. The molecule has 0 bridgehead atoms. The first-order valence-electron chi connectivity index (χ1n) is 3.79. The number of benzene rings is 1. The molecule has 0 amide bonds. The predicted molar refractivity (Wildman–Crippen MR) is 48.3 cm³/mol. The lowest BCUT2D eigenvalue weighted by molar-refractivity contribution is 0.615. The Kier molecular flexibility index (Phi) is 2.61. The molecule has 0 aliphatic rings. The van der Waals surface area contributed by atoms with Gasteiger partial charge in [0.05, 0.1) is 0 Å². The highest BCUT2D eigenvalue weighted by atomic mass is 19.1. The molecule has 0 aliphatic heterocycles. The van der Waals surface area contributed by atoms with Crippen molar-refractivity contribution < 1.29 is 4.39 Å². The van der Waals surface area contributed by atoms with E-state index in [1.54, 1.807) is 19.1 Å². The largest absolute Gasteiger partial charge is 0.321 e. The first kappa shape index (κ1) is 8.94. The van der Waals surface area contributed by atoms with Gasteiger partial charge in [-0.25, -0.2) is 4.39 Å². The van der Waals surface area contributed by atoms with E-state index >= 15 is 0 Å². The molecule has 0 spiro atoms. The summed E-state index contributed by atoms with van der Waals surface area (Å²) in [5, 5.41) is 0. The van der Waals surface area contributed by atoms with Crippen molar-refractivity contribution >= 4 is 0 Å². The average molecular weight is 165 g/mol. The molecule has 0 radical (unpaired) electrons. The van der Waals surface area contributed by atoms with E-state index in [1.807, 2.05) is 6.07 Å². The summed E-state index contributed by atoms with van der Waals surface area (Å²) in [6.07, 6.45) is 1.59. The van der Waals surface area contributed by atoms with Crippen molar-refractivity contribution in [2.45, 2.75) is 13.0 Å². The smallest absolute Gasteiger partial charge is 0.126 e. The summed E-state index contributed by atoms with van der Waals surface area (Å²) in [5.74, 6) is -0.218. The number of hydrogen-bond donors (Lipinski definition) is 1. The maximum Gasteiger partial charge on any atom is 0.126 e. The minimum atomic E-state index is -0.278. The van der Waals surface area contributed by atoms with Gasteiger partial charge < -0.3 is 5.73 Å². The maximum absolute atomic E-state index is 13.0. The zero-order valence-electron chi connectivity index (χ0n) is 7.05. The molecule has 1 aromatic rings. The van der Waals surface area contributed by atoms with Crippen molar-refractivity contribution in [3.05, 3.63) is 47.8 Å². The summed E-state index contributed by atoms with van der Waals surface area (Å²) in [5.41, 5.74) is 7.02. The van der Waals surface area contributed by atoms with E-state index in [9.17, 15) is 4.39 Å². The maximum atomic E-state index is 13.0. The summed E-state index contributed by atoms with van der Waals surface area (Å²) >= 11 is 0. The Bertz CT molecular complexity index is 294. The molecule has 0 saturated heterocycles. The van der Waals surface area contributed by atoms with Gasteiger partial charge in [0, 0.05) is 6.04 Å². The highest BCUT2D eigenvalue weighted by molar-refractivity contribution is 5.27. The second-order valence-electron chi connectivity index (χ2n) is 2.77. The number of rotatable bonds is 2. The third kappa shape index (κ3) is 1.71. The van der Waals surface area contributed by atoms with E-state index in [-0.39, 0.29) is 11.9 Å². The quantitative estimate of drug-likeness (QED) is 0.669. The molecular formula is C10H12FN. The van der Waals surface area contributed by atoms with E-state index in [0.717, 1.165) is 5.56 Å². The molecule has 1 atom stereocenters.